The lowest BCUT2D eigenvalue weighted by Gasteiger charge is -2.10. The lowest BCUT2D eigenvalue weighted by atomic mass is 10.1. The molecule has 0 spiro atoms. The predicted octanol–water partition coefficient (Wildman–Crippen LogP) is 2.81. The van der Waals surface area contributed by atoms with Gasteiger partial charge in [0.05, 0.1) is 5.01 Å². The number of hydrogen-bond donors (Lipinski definition) is 2. The van der Waals surface area contributed by atoms with Crippen molar-refractivity contribution >= 4 is 22.9 Å². The van der Waals surface area contributed by atoms with Crippen molar-refractivity contribution in [3.05, 3.63) is 45.9 Å². The van der Waals surface area contributed by atoms with E-state index in [-0.39, 0.29) is 5.91 Å². The number of benzene rings is 1. The monoisotopic (exact) mass is 275 g/mol. The molecule has 0 radical (unpaired) electrons. The van der Waals surface area contributed by atoms with Crippen LogP contribution in [0.4, 0.5) is 5.69 Å². The first-order chi connectivity index (χ1) is 9.20. The molecule has 0 saturated carbocycles. The van der Waals surface area contributed by atoms with Crippen LogP contribution in [0.3, 0.4) is 0 Å². The molecule has 2 N–H and O–H groups in total. The Morgan fingerprint density at radius 2 is 2.16 bits per heavy atom. The van der Waals surface area contributed by atoms with Crippen LogP contribution in [0.5, 0.6) is 0 Å². The van der Waals surface area contributed by atoms with Crippen molar-refractivity contribution in [3.63, 3.8) is 0 Å². The van der Waals surface area contributed by atoms with Gasteiger partial charge < -0.3 is 10.6 Å². The summed E-state index contributed by atoms with van der Waals surface area (Å²) in [7, 11) is 0. The summed E-state index contributed by atoms with van der Waals surface area (Å²) in [5, 5.41) is 8.84. The Morgan fingerprint density at radius 1 is 1.37 bits per heavy atom. The van der Waals surface area contributed by atoms with Crippen molar-refractivity contribution in [2.75, 3.05) is 11.9 Å². The van der Waals surface area contributed by atoms with Gasteiger partial charge in [-0.05, 0) is 25.1 Å². The SMILES string of the molecule is CCNCc1ccccc1NC(=O)c1csc(C)n1. The molecule has 1 amide bonds. The van der Waals surface area contributed by atoms with Crippen molar-refractivity contribution < 1.29 is 4.79 Å². The van der Waals surface area contributed by atoms with Crippen LogP contribution in [0.15, 0.2) is 29.6 Å². The number of rotatable bonds is 5. The van der Waals surface area contributed by atoms with Crippen molar-refractivity contribution in [1.82, 2.24) is 10.3 Å². The average Bonchev–Trinajstić information content (AvgIpc) is 2.84. The number of anilines is 1. The van der Waals surface area contributed by atoms with E-state index in [9.17, 15) is 4.79 Å². The zero-order valence-electron chi connectivity index (χ0n) is 11.1. The van der Waals surface area contributed by atoms with Gasteiger partial charge in [0.1, 0.15) is 5.69 Å². The molecule has 0 fully saturated rings. The third kappa shape index (κ3) is 3.62. The van der Waals surface area contributed by atoms with E-state index in [0.717, 1.165) is 29.3 Å². The summed E-state index contributed by atoms with van der Waals surface area (Å²) in [6.07, 6.45) is 0. The molecule has 2 rings (SSSR count). The summed E-state index contributed by atoms with van der Waals surface area (Å²) in [5.74, 6) is -0.159. The Hall–Kier alpha value is -1.72. The molecule has 1 aromatic carbocycles. The molecule has 1 aromatic heterocycles. The number of carbonyl (C=O) groups is 1. The molecule has 0 unspecified atom stereocenters. The number of amides is 1. The van der Waals surface area contributed by atoms with E-state index in [2.05, 4.69) is 22.5 Å². The molecule has 0 aliphatic heterocycles. The lowest BCUT2D eigenvalue weighted by molar-refractivity contribution is 0.102. The number of aryl methyl sites for hydroxylation is 1. The second kappa shape index (κ2) is 6.45. The summed E-state index contributed by atoms with van der Waals surface area (Å²) in [5.41, 5.74) is 2.38. The quantitative estimate of drug-likeness (QED) is 0.882. The van der Waals surface area contributed by atoms with Crippen LogP contribution in [0, 0.1) is 6.92 Å². The number of para-hydroxylation sites is 1. The molecule has 1 heterocycles. The zero-order valence-corrected chi connectivity index (χ0v) is 11.9. The second-order valence-electron chi connectivity index (χ2n) is 4.14. The fraction of sp³-hybridized carbons (Fsp3) is 0.286. The largest absolute Gasteiger partial charge is 0.320 e. The van der Waals surface area contributed by atoms with Gasteiger partial charge in [-0.2, -0.15) is 0 Å². The summed E-state index contributed by atoms with van der Waals surface area (Å²) < 4.78 is 0. The van der Waals surface area contributed by atoms with Gasteiger partial charge in [0.25, 0.3) is 5.91 Å². The predicted molar refractivity (Wildman–Crippen MR) is 78.6 cm³/mol. The van der Waals surface area contributed by atoms with Gasteiger partial charge in [0.2, 0.25) is 0 Å². The van der Waals surface area contributed by atoms with Crippen molar-refractivity contribution in [2.24, 2.45) is 0 Å². The highest BCUT2D eigenvalue weighted by molar-refractivity contribution is 7.09. The van der Waals surface area contributed by atoms with Gasteiger partial charge in [-0.3, -0.25) is 4.79 Å². The first kappa shape index (κ1) is 13.7. The number of aromatic nitrogens is 1. The second-order valence-corrected chi connectivity index (χ2v) is 5.21. The molecule has 0 atom stereocenters. The van der Waals surface area contributed by atoms with E-state index in [1.165, 1.54) is 11.3 Å². The van der Waals surface area contributed by atoms with Crippen molar-refractivity contribution in [3.8, 4) is 0 Å². The maximum absolute atomic E-state index is 12.1. The van der Waals surface area contributed by atoms with Gasteiger partial charge in [-0.15, -0.1) is 11.3 Å². The van der Waals surface area contributed by atoms with Crippen LogP contribution < -0.4 is 10.6 Å². The third-order valence-electron chi connectivity index (χ3n) is 2.68. The number of nitrogens with one attached hydrogen (secondary N) is 2. The molecule has 19 heavy (non-hydrogen) atoms. The topological polar surface area (TPSA) is 54.0 Å². The van der Waals surface area contributed by atoms with Crippen LogP contribution in [0.25, 0.3) is 0 Å². The molecule has 0 saturated heterocycles. The zero-order chi connectivity index (χ0) is 13.7. The van der Waals surface area contributed by atoms with E-state index < -0.39 is 0 Å². The summed E-state index contributed by atoms with van der Waals surface area (Å²) in [6.45, 7) is 5.58. The molecule has 2 aromatic rings. The minimum Gasteiger partial charge on any atom is -0.320 e. The fourth-order valence-corrected chi connectivity index (χ4v) is 2.30. The van der Waals surface area contributed by atoms with Crippen LogP contribution in [-0.4, -0.2) is 17.4 Å². The molecular weight excluding hydrogens is 258 g/mol. The highest BCUT2D eigenvalue weighted by Gasteiger charge is 2.11. The molecule has 0 bridgehead atoms. The first-order valence-electron chi connectivity index (χ1n) is 6.22. The summed E-state index contributed by atoms with van der Waals surface area (Å²) in [6, 6.07) is 7.79. The molecule has 0 aliphatic carbocycles. The Balaban J connectivity index is 2.12. The van der Waals surface area contributed by atoms with E-state index in [0.29, 0.717) is 5.69 Å². The van der Waals surface area contributed by atoms with Crippen molar-refractivity contribution in [1.29, 1.82) is 0 Å². The Labute approximate surface area is 116 Å². The number of carbonyl (C=O) groups excluding carboxylic acids is 1. The van der Waals surface area contributed by atoms with Gasteiger partial charge in [-0.1, -0.05) is 25.1 Å². The minimum absolute atomic E-state index is 0.159. The minimum atomic E-state index is -0.159. The van der Waals surface area contributed by atoms with E-state index in [4.69, 9.17) is 0 Å². The summed E-state index contributed by atoms with van der Waals surface area (Å²) in [4.78, 5) is 16.3. The molecule has 4 nitrogen and oxygen atoms in total. The number of hydrogen-bond acceptors (Lipinski definition) is 4. The maximum atomic E-state index is 12.1. The Kier molecular flexibility index (Phi) is 4.65. The van der Waals surface area contributed by atoms with Crippen LogP contribution in [0.2, 0.25) is 0 Å². The molecule has 0 aliphatic rings. The van der Waals surface area contributed by atoms with Gasteiger partial charge >= 0.3 is 0 Å². The normalized spacial score (nSPS) is 10.4. The highest BCUT2D eigenvalue weighted by atomic mass is 32.1. The first-order valence-corrected chi connectivity index (χ1v) is 7.10. The van der Waals surface area contributed by atoms with Gasteiger partial charge in [-0.25, -0.2) is 4.98 Å². The molecular formula is C14H17N3OS. The van der Waals surface area contributed by atoms with Gasteiger partial charge in [0.15, 0.2) is 0 Å². The fourth-order valence-electron chi connectivity index (χ4n) is 1.71. The van der Waals surface area contributed by atoms with E-state index in [1.54, 1.807) is 5.38 Å². The van der Waals surface area contributed by atoms with Crippen molar-refractivity contribution in [2.45, 2.75) is 20.4 Å². The van der Waals surface area contributed by atoms with E-state index in [1.807, 2.05) is 31.2 Å². The maximum Gasteiger partial charge on any atom is 0.275 e. The van der Waals surface area contributed by atoms with E-state index >= 15 is 0 Å². The Morgan fingerprint density at radius 3 is 2.84 bits per heavy atom. The third-order valence-corrected chi connectivity index (χ3v) is 3.46. The van der Waals surface area contributed by atoms with Crippen LogP contribution >= 0.6 is 11.3 Å². The average molecular weight is 275 g/mol. The van der Waals surface area contributed by atoms with Crippen LogP contribution in [-0.2, 0) is 6.54 Å². The lowest BCUT2D eigenvalue weighted by Crippen LogP contribution is -2.17. The standard InChI is InChI=1S/C14H17N3OS/c1-3-15-8-11-6-4-5-7-12(11)17-14(18)13-9-19-10(2)16-13/h4-7,9,15H,3,8H2,1-2H3,(H,17,18). The number of thiazole rings is 1. The number of nitrogens with zero attached hydrogens (tertiary/aromatic N) is 1. The molecule has 5 heteroatoms. The summed E-state index contributed by atoms with van der Waals surface area (Å²) >= 11 is 1.48. The smallest absolute Gasteiger partial charge is 0.275 e. The van der Waals surface area contributed by atoms with Gasteiger partial charge in [0, 0.05) is 17.6 Å². The van der Waals surface area contributed by atoms with Crippen LogP contribution in [0.1, 0.15) is 28.0 Å². The Bertz CT molecular complexity index is 565. The molecule has 100 valence electrons. The highest BCUT2D eigenvalue weighted by Crippen LogP contribution is 2.16.